The summed E-state index contributed by atoms with van der Waals surface area (Å²) in [5.41, 5.74) is 4.40. The summed E-state index contributed by atoms with van der Waals surface area (Å²) in [6.07, 6.45) is 9.20. The number of amides is 2. The van der Waals surface area contributed by atoms with Crippen LogP contribution in [-0.2, 0) is 9.59 Å². The van der Waals surface area contributed by atoms with E-state index in [-0.39, 0.29) is 30.8 Å². The molecule has 5 aliphatic rings. The Morgan fingerprint density at radius 2 is 1.53 bits per heavy atom. The van der Waals surface area contributed by atoms with Gasteiger partial charge in [0.1, 0.15) is 23.6 Å². The summed E-state index contributed by atoms with van der Waals surface area (Å²) in [6.45, 7) is 2.46. The molecule has 16 heteroatoms. The Morgan fingerprint density at radius 1 is 0.823 bits per heavy atom. The molecule has 6 N–H and O–H groups in total. The molecule has 1 saturated carbocycles. The molecule has 4 atom stereocenters. The van der Waals surface area contributed by atoms with Crippen LogP contribution in [0.4, 0.5) is 44.7 Å². The Morgan fingerprint density at radius 3 is 2.24 bits per heavy atom. The number of fused-ring (bicyclic) bond motifs is 3. The summed E-state index contributed by atoms with van der Waals surface area (Å²) < 4.78 is 17.6. The molecule has 62 heavy (non-hydrogen) atoms. The van der Waals surface area contributed by atoms with Crippen LogP contribution < -0.4 is 31.1 Å². The molecular weight excluding hydrogens is 790 g/mol. The number of hydrogen-bond donors (Lipinski definition) is 6. The number of aromatic nitrogens is 4. The van der Waals surface area contributed by atoms with Gasteiger partial charge in [-0.25, -0.2) is 14.4 Å². The lowest BCUT2D eigenvalue weighted by molar-refractivity contribution is -0.133. The minimum Gasteiger partial charge on any atom is -0.390 e. The zero-order valence-corrected chi connectivity index (χ0v) is 34.7. The Kier molecular flexibility index (Phi) is 10.9. The third-order valence-corrected chi connectivity index (χ3v) is 13.6. The van der Waals surface area contributed by atoms with Crippen LogP contribution in [0.5, 0.6) is 0 Å². The maximum atomic E-state index is 15.3. The van der Waals surface area contributed by atoms with E-state index < -0.39 is 29.6 Å². The molecule has 5 fully saturated rings. The number of halogens is 1. The van der Waals surface area contributed by atoms with Crippen molar-refractivity contribution in [1.82, 2.24) is 29.7 Å². The first kappa shape index (κ1) is 40.2. The molecule has 0 radical (unpaired) electrons. The third-order valence-electron chi connectivity index (χ3n) is 13.6. The number of aliphatic hydroxyl groups is 2. The fourth-order valence-electron chi connectivity index (χ4n) is 10.4. The zero-order valence-electron chi connectivity index (χ0n) is 34.7. The summed E-state index contributed by atoms with van der Waals surface area (Å²) >= 11 is 0. The molecule has 15 nitrogen and oxygen atoms in total. The number of rotatable bonds is 12. The lowest BCUT2D eigenvalue weighted by Gasteiger charge is -2.47. The summed E-state index contributed by atoms with van der Waals surface area (Å²) in [4.78, 5) is 44.7. The number of imidazole rings is 1. The van der Waals surface area contributed by atoms with Gasteiger partial charge in [0.2, 0.25) is 23.7 Å². The lowest BCUT2D eigenvalue weighted by atomic mass is 9.86. The highest BCUT2D eigenvalue weighted by Gasteiger charge is 2.46. The first-order valence-electron chi connectivity index (χ1n) is 22.2. The number of piperazine rings is 1. The standard InChI is InChI=1S/C46H54FN11O4/c47-36-24-31(49-37-17-19-40(59)53-43(37)61)12-18-39(36)55-22-20-46(62,21-23-55)25-41(60)57-34-15-16-35(57)28-56(27-34)32-13-10-30(11-14-32)50-44-48-26-38-42(54-44)58(33-8-4-5-9-33)45(52-38)51-29-6-2-1-3-7-29/h1-3,6-7,10-14,18,24,26,33-35,37,41,49,60,62H,4-5,8-9,15-17,19-23,25,27-28H2,(H,51,52)(H,48,50,54)(H,53,59,61). The van der Waals surface area contributed by atoms with Crippen LogP contribution in [0, 0.1) is 5.82 Å². The number of imide groups is 1. The molecule has 4 saturated heterocycles. The highest BCUT2D eigenvalue weighted by molar-refractivity contribution is 6.01. The minimum absolute atomic E-state index is 0.165. The van der Waals surface area contributed by atoms with Gasteiger partial charge in [0.15, 0.2) is 5.65 Å². The summed E-state index contributed by atoms with van der Waals surface area (Å²) in [7, 11) is 0. The Bertz CT molecular complexity index is 2410. The van der Waals surface area contributed by atoms with Crippen molar-refractivity contribution in [3.8, 4) is 0 Å². The molecule has 4 aliphatic heterocycles. The van der Waals surface area contributed by atoms with Crippen molar-refractivity contribution < 1.29 is 24.2 Å². The molecule has 2 amide bonds. The van der Waals surface area contributed by atoms with E-state index >= 15 is 4.39 Å². The van der Waals surface area contributed by atoms with Gasteiger partial charge in [-0.15, -0.1) is 0 Å². The number of benzene rings is 3. The van der Waals surface area contributed by atoms with E-state index in [1.807, 2.05) is 35.2 Å². The Hall–Kier alpha value is -5.84. The molecular formula is C46H54FN11O4. The van der Waals surface area contributed by atoms with Crippen molar-refractivity contribution in [3.63, 3.8) is 0 Å². The Labute approximate surface area is 359 Å². The van der Waals surface area contributed by atoms with Gasteiger partial charge >= 0.3 is 0 Å². The maximum absolute atomic E-state index is 15.3. The average molecular weight is 844 g/mol. The number of carbonyl (C=O) groups is 2. The monoisotopic (exact) mass is 843 g/mol. The number of piperidine rings is 2. The van der Waals surface area contributed by atoms with Gasteiger partial charge in [0.05, 0.1) is 17.5 Å². The SMILES string of the molecule is O=C1CCC(Nc2ccc(N3CCC(O)(CC(O)N4C5CCC4CN(c4ccc(Nc6ncc7nc(Nc8ccccc8)n(C8CCCC8)c7n6)cc4)C5)CC3)c(F)c2)C(=O)N1. The van der Waals surface area contributed by atoms with Gasteiger partial charge in [-0.2, -0.15) is 4.98 Å². The van der Waals surface area contributed by atoms with E-state index in [4.69, 9.17) is 9.97 Å². The molecule has 1 aliphatic carbocycles. The van der Waals surface area contributed by atoms with Crippen LogP contribution in [0.1, 0.15) is 76.7 Å². The predicted octanol–water partition coefficient (Wildman–Crippen LogP) is 6.18. The van der Waals surface area contributed by atoms with Crippen LogP contribution in [0.25, 0.3) is 11.2 Å². The van der Waals surface area contributed by atoms with Gasteiger partial charge in [0.25, 0.3) is 0 Å². The van der Waals surface area contributed by atoms with Gasteiger partial charge < -0.3 is 36.0 Å². The molecule has 2 bridgehead atoms. The van der Waals surface area contributed by atoms with Gasteiger partial charge in [-0.3, -0.25) is 24.4 Å². The van der Waals surface area contributed by atoms with Crippen molar-refractivity contribution in [2.75, 3.05) is 51.9 Å². The molecule has 5 aromatic rings. The van der Waals surface area contributed by atoms with Crippen molar-refractivity contribution >= 4 is 63.3 Å². The molecule has 10 rings (SSSR count). The van der Waals surface area contributed by atoms with E-state index in [1.165, 1.54) is 18.9 Å². The smallest absolute Gasteiger partial charge is 0.249 e. The number of nitrogens with zero attached hydrogens (tertiary/aromatic N) is 7. The predicted molar refractivity (Wildman–Crippen MR) is 236 cm³/mol. The molecule has 3 aromatic carbocycles. The summed E-state index contributed by atoms with van der Waals surface area (Å²) in [5, 5.41) is 35.6. The summed E-state index contributed by atoms with van der Waals surface area (Å²) in [6, 6.07) is 23.3. The first-order valence-corrected chi connectivity index (χ1v) is 22.2. The number of anilines is 7. The number of nitrogens with one attached hydrogen (secondary N) is 4. The molecule has 6 heterocycles. The second-order valence-electron chi connectivity index (χ2n) is 17.8. The van der Waals surface area contributed by atoms with Crippen molar-refractivity contribution in [2.45, 2.75) is 107 Å². The number of aliphatic hydroxyl groups excluding tert-OH is 1. The van der Waals surface area contributed by atoms with E-state index in [1.54, 1.807) is 18.3 Å². The fraction of sp³-hybridized carbons (Fsp3) is 0.457. The fourth-order valence-corrected chi connectivity index (χ4v) is 10.4. The maximum Gasteiger partial charge on any atom is 0.249 e. The largest absolute Gasteiger partial charge is 0.390 e. The van der Waals surface area contributed by atoms with Gasteiger partial charge in [0, 0.05) is 79.9 Å². The molecule has 2 aromatic heterocycles. The van der Waals surface area contributed by atoms with E-state index in [0.29, 0.717) is 55.7 Å². The Balaban J connectivity index is 0.738. The highest BCUT2D eigenvalue weighted by Crippen LogP contribution is 2.39. The average Bonchev–Trinajstić information content (AvgIpc) is 3.99. The quantitative estimate of drug-likeness (QED) is 0.0787. The van der Waals surface area contributed by atoms with Crippen LogP contribution in [0.15, 0.2) is 79.0 Å². The topological polar surface area (TPSA) is 176 Å². The highest BCUT2D eigenvalue weighted by atomic mass is 19.1. The number of carbonyl (C=O) groups excluding carboxylic acids is 2. The molecule has 0 spiro atoms. The zero-order chi connectivity index (χ0) is 42.4. The molecule has 4 unspecified atom stereocenters. The van der Waals surface area contributed by atoms with Crippen molar-refractivity contribution in [1.29, 1.82) is 0 Å². The second-order valence-corrected chi connectivity index (χ2v) is 17.8. The van der Waals surface area contributed by atoms with Crippen LogP contribution in [0.2, 0.25) is 0 Å². The molecule has 324 valence electrons. The van der Waals surface area contributed by atoms with Crippen LogP contribution in [0.3, 0.4) is 0 Å². The third kappa shape index (κ3) is 8.26. The van der Waals surface area contributed by atoms with E-state index in [9.17, 15) is 19.8 Å². The lowest BCUT2D eigenvalue weighted by Crippen LogP contribution is -2.59. The second kappa shape index (κ2) is 16.8. The minimum atomic E-state index is -1.06. The normalized spacial score (nSPS) is 23.4. The van der Waals surface area contributed by atoms with Crippen LogP contribution in [-0.4, -0.2) is 103 Å². The van der Waals surface area contributed by atoms with Crippen molar-refractivity contribution in [2.24, 2.45) is 0 Å². The van der Waals surface area contributed by atoms with E-state index in [0.717, 1.165) is 72.9 Å². The van der Waals surface area contributed by atoms with E-state index in [2.05, 4.69) is 64.9 Å². The number of hydrogen-bond acceptors (Lipinski definition) is 13. The number of para-hydroxylation sites is 1. The summed E-state index contributed by atoms with van der Waals surface area (Å²) in [5.74, 6) is 0.174. The van der Waals surface area contributed by atoms with Crippen molar-refractivity contribution in [3.05, 3.63) is 84.8 Å². The van der Waals surface area contributed by atoms with Gasteiger partial charge in [-0.1, -0.05) is 31.0 Å². The van der Waals surface area contributed by atoms with Gasteiger partial charge in [-0.05, 0) is 99.5 Å². The first-order chi connectivity index (χ1) is 30.1. The van der Waals surface area contributed by atoms with Crippen LogP contribution >= 0.6 is 0 Å².